The number of carbonyl (C=O) groups is 1. The molecule has 3 unspecified atom stereocenters. The lowest BCUT2D eigenvalue weighted by Gasteiger charge is -2.20. The molecule has 3 rings (SSSR count). The van der Waals surface area contributed by atoms with Crippen molar-refractivity contribution >= 4 is 5.91 Å². The van der Waals surface area contributed by atoms with Crippen LogP contribution in [-0.4, -0.2) is 5.91 Å². The Morgan fingerprint density at radius 2 is 2.25 bits per heavy atom. The summed E-state index contributed by atoms with van der Waals surface area (Å²) in [6.07, 6.45) is 4.60. The van der Waals surface area contributed by atoms with Gasteiger partial charge in [0, 0.05) is 18.0 Å². The van der Waals surface area contributed by atoms with Crippen molar-refractivity contribution < 1.29 is 9.18 Å². The van der Waals surface area contributed by atoms with E-state index in [-0.39, 0.29) is 18.4 Å². The van der Waals surface area contributed by atoms with Gasteiger partial charge in [-0.05, 0) is 43.2 Å². The van der Waals surface area contributed by atoms with E-state index in [0.29, 0.717) is 17.0 Å². The molecule has 0 aliphatic heterocycles. The maximum absolute atomic E-state index is 13.7. The van der Waals surface area contributed by atoms with Gasteiger partial charge in [0.1, 0.15) is 5.82 Å². The molecule has 3 atom stereocenters. The average Bonchev–Trinajstić information content (AvgIpc) is 3.08. The lowest BCUT2D eigenvalue weighted by molar-refractivity contribution is -0.126. The van der Waals surface area contributed by atoms with E-state index in [1.807, 2.05) is 6.07 Å². The van der Waals surface area contributed by atoms with E-state index in [9.17, 15) is 9.18 Å². The second-order valence-electron chi connectivity index (χ2n) is 5.92. The summed E-state index contributed by atoms with van der Waals surface area (Å²) in [6, 6.07) is 6.24. The molecule has 4 heteroatoms. The fraction of sp³-hybridized carbons (Fsp3) is 0.500. The van der Waals surface area contributed by atoms with Crippen molar-refractivity contribution in [1.82, 2.24) is 5.32 Å². The molecular formula is C16H17FN2O. The molecule has 2 aliphatic rings. The van der Waals surface area contributed by atoms with E-state index in [0.717, 1.165) is 18.8 Å². The number of hydrogen-bond acceptors (Lipinski definition) is 2. The number of nitrogens with one attached hydrogen (secondary N) is 1. The lowest BCUT2D eigenvalue weighted by Crippen LogP contribution is -2.33. The number of hydrogen-bond donors (Lipinski definition) is 1. The molecule has 3 nitrogen and oxygen atoms in total. The molecule has 0 saturated heterocycles. The third-order valence-corrected chi connectivity index (χ3v) is 4.71. The Balaban J connectivity index is 1.59. The summed E-state index contributed by atoms with van der Waals surface area (Å²) in [5.41, 5.74) is 0.728. The normalized spacial score (nSPS) is 27.3. The maximum Gasteiger partial charge on any atom is 0.223 e. The lowest BCUT2D eigenvalue weighted by atomic mass is 9.88. The molecule has 0 radical (unpaired) electrons. The highest BCUT2D eigenvalue weighted by Crippen LogP contribution is 2.48. The van der Waals surface area contributed by atoms with Gasteiger partial charge in [0.25, 0.3) is 0 Å². The van der Waals surface area contributed by atoms with Crippen LogP contribution in [0.5, 0.6) is 0 Å². The minimum atomic E-state index is -0.433. The summed E-state index contributed by atoms with van der Waals surface area (Å²) < 4.78 is 13.7. The molecule has 2 aliphatic carbocycles. The Morgan fingerprint density at radius 3 is 2.85 bits per heavy atom. The predicted molar refractivity (Wildman–Crippen MR) is 71.9 cm³/mol. The van der Waals surface area contributed by atoms with Crippen LogP contribution in [0, 0.1) is 34.9 Å². The van der Waals surface area contributed by atoms with E-state index >= 15 is 0 Å². The van der Waals surface area contributed by atoms with E-state index in [1.165, 1.54) is 18.9 Å². The van der Waals surface area contributed by atoms with E-state index in [4.69, 9.17) is 5.26 Å². The molecule has 0 spiro atoms. The highest BCUT2D eigenvalue weighted by Gasteiger charge is 2.42. The van der Waals surface area contributed by atoms with Gasteiger partial charge in [-0.15, -0.1) is 0 Å². The van der Waals surface area contributed by atoms with Gasteiger partial charge in [0.05, 0.1) is 11.6 Å². The number of rotatable bonds is 3. The van der Waals surface area contributed by atoms with Gasteiger partial charge in [-0.25, -0.2) is 4.39 Å². The van der Waals surface area contributed by atoms with Crippen LogP contribution in [0.4, 0.5) is 4.39 Å². The number of amides is 1. The SMILES string of the molecule is N#Cc1ccc(CNC(=O)C2CC3CCC2C3)c(F)c1. The zero-order valence-corrected chi connectivity index (χ0v) is 11.2. The standard InChI is InChI=1S/C16H17FN2O/c17-15-7-11(8-18)2-4-13(15)9-19-16(20)14-6-10-1-3-12(14)5-10/h2,4,7,10,12,14H,1,3,5-6,9H2,(H,19,20). The van der Waals surface area contributed by atoms with E-state index in [1.54, 1.807) is 12.1 Å². The summed E-state index contributed by atoms with van der Waals surface area (Å²) in [4.78, 5) is 12.2. The monoisotopic (exact) mass is 272 g/mol. The Kier molecular flexibility index (Phi) is 3.43. The highest BCUT2D eigenvalue weighted by atomic mass is 19.1. The zero-order valence-electron chi connectivity index (χ0n) is 11.2. The van der Waals surface area contributed by atoms with E-state index in [2.05, 4.69) is 5.32 Å². The third kappa shape index (κ3) is 2.40. The first-order valence-electron chi connectivity index (χ1n) is 7.13. The number of nitrogens with zero attached hydrogens (tertiary/aromatic N) is 1. The summed E-state index contributed by atoms with van der Waals surface area (Å²) in [6.45, 7) is 0.199. The minimum Gasteiger partial charge on any atom is -0.352 e. The number of carbonyl (C=O) groups excluding carboxylic acids is 1. The molecule has 0 heterocycles. The minimum absolute atomic E-state index is 0.0564. The fourth-order valence-corrected chi connectivity index (χ4v) is 3.64. The van der Waals surface area contributed by atoms with Crippen molar-refractivity contribution in [3.05, 3.63) is 35.1 Å². The Bertz CT molecular complexity index is 578. The number of nitriles is 1. The summed E-state index contributed by atoms with van der Waals surface area (Å²) in [5, 5.41) is 11.5. The average molecular weight is 272 g/mol. The van der Waals surface area contributed by atoms with Crippen LogP contribution in [0.2, 0.25) is 0 Å². The summed E-state index contributed by atoms with van der Waals surface area (Å²) >= 11 is 0. The van der Waals surface area contributed by atoms with Crippen molar-refractivity contribution in [1.29, 1.82) is 5.26 Å². The quantitative estimate of drug-likeness (QED) is 0.919. The smallest absolute Gasteiger partial charge is 0.223 e. The van der Waals surface area contributed by atoms with Crippen molar-refractivity contribution in [3.8, 4) is 6.07 Å². The molecular weight excluding hydrogens is 255 g/mol. The zero-order chi connectivity index (χ0) is 14.1. The molecule has 1 aromatic rings. The van der Waals surface area contributed by atoms with E-state index < -0.39 is 5.82 Å². The summed E-state index contributed by atoms with van der Waals surface area (Å²) in [5.74, 6) is 1.00. The van der Waals surface area contributed by atoms with Gasteiger partial charge in [0.15, 0.2) is 0 Å². The first-order chi connectivity index (χ1) is 9.67. The number of halogens is 1. The first-order valence-corrected chi connectivity index (χ1v) is 7.13. The van der Waals surface area contributed by atoms with Gasteiger partial charge in [-0.2, -0.15) is 5.26 Å². The largest absolute Gasteiger partial charge is 0.352 e. The van der Waals surface area contributed by atoms with Crippen LogP contribution in [0.1, 0.15) is 36.8 Å². The molecule has 1 aromatic carbocycles. The van der Waals surface area contributed by atoms with Crippen LogP contribution < -0.4 is 5.32 Å². The molecule has 2 fully saturated rings. The van der Waals surface area contributed by atoms with Crippen molar-refractivity contribution in [2.24, 2.45) is 17.8 Å². The van der Waals surface area contributed by atoms with Crippen LogP contribution in [0.3, 0.4) is 0 Å². The van der Waals surface area contributed by atoms with Gasteiger partial charge in [-0.1, -0.05) is 12.5 Å². The predicted octanol–water partition coefficient (Wildman–Crippen LogP) is 2.75. The van der Waals surface area contributed by atoms with Gasteiger partial charge < -0.3 is 5.32 Å². The van der Waals surface area contributed by atoms with Crippen molar-refractivity contribution in [3.63, 3.8) is 0 Å². The van der Waals surface area contributed by atoms with Crippen LogP contribution in [-0.2, 0) is 11.3 Å². The van der Waals surface area contributed by atoms with Crippen molar-refractivity contribution in [2.45, 2.75) is 32.2 Å². The Labute approximate surface area is 117 Å². The van der Waals surface area contributed by atoms with Crippen LogP contribution >= 0.6 is 0 Å². The summed E-state index contributed by atoms with van der Waals surface area (Å²) in [7, 11) is 0. The number of fused-ring (bicyclic) bond motifs is 2. The molecule has 1 amide bonds. The van der Waals surface area contributed by atoms with Crippen LogP contribution in [0.25, 0.3) is 0 Å². The van der Waals surface area contributed by atoms with Crippen LogP contribution in [0.15, 0.2) is 18.2 Å². The van der Waals surface area contributed by atoms with Crippen molar-refractivity contribution in [2.75, 3.05) is 0 Å². The molecule has 2 saturated carbocycles. The van der Waals surface area contributed by atoms with Gasteiger partial charge in [-0.3, -0.25) is 4.79 Å². The molecule has 1 N–H and O–H groups in total. The molecule has 0 aromatic heterocycles. The Morgan fingerprint density at radius 1 is 1.40 bits per heavy atom. The Hall–Kier alpha value is -1.89. The van der Waals surface area contributed by atoms with Gasteiger partial charge in [0.2, 0.25) is 5.91 Å². The fourth-order valence-electron chi connectivity index (χ4n) is 3.64. The molecule has 20 heavy (non-hydrogen) atoms. The highest BCUT2D eigenvalue weighted by molar-refractivity contribution is 5.79. The first kappa shape index (κ1) is 13.1. The second-order valence-corrected chi connectivity index (χ2v) is 5.92. The topological polar surface area (TPSA) is 52.9 Å². The number of benzene rings is 1. The third-order valence-electron chi connectivity index (χ3n) is 4.71. The second kappa shape index (κ2) is 5.24. The maximum atomic E-state index is 13.7. The van der Waals surface area contributed by atoms with Gasteiger partial charge >= 0.3 is 0 Å². The molecule has 104 valence electrons. The molecule has 2 bridgehead atoms.